The van der Waals surface area contributed by atoms with E-state index < -0.39 is 6.36 Å². The zero-order valence-corrected chi connectivity index (χ0v) is 13.4. The number of halogens is 4. The van der Waals surface area contributed by atoms with Crippen LogP contribution in [0.4, 0.5) is 13.2 Å². The van der Waals surface area contributed by atoms with Crippen molar-refractivity contribution in [2.45, 2.75) is 51.6 Å². The molecule has 0 heterocycles. The smallest absolute Gasteiger partial charge is 0.405 e. The highest BCUT2D eigenvalue weighted by molar-refractivity contribution is 9.10. The summed E-state index contributed by atoms with van der Waals surface area (Å²) >= 11 is 3.12. The van der Waals surface area contributed by atoms with Crippen molar-refractivity contribution in [1.82, 2.24) is 5.32 Å². The molecule has 118 valence electrons. The predicted octanol–water partition coefficient (Wildman–Crippen LogP) is 5.02. The normalized spacial score (nSPS) is 18.0. The molecule has 0 amide bonds. The predicted molar refractivity (Wildman–Crippen MR) is 79.1 cm³/mol. The Hall–Kier alpha value is -0.750. The van der Waals surface area contributed by atoms with E-state index in [1.54, 1.807) is 12.1 Å². The minimum Gasteiger partial charge on any atom is -0.405 e. The van der Waals surface area contributed by atoms with E-state index in [9.17, 15) is 13.2 Å². The van der Waals surface area contributed by atoms with E-state index in [1.165, 1.54) is 31.7 Å². The van der Waals surface area contributed by atoms with Gasteiger partial charge in [0.15, 0.2) is 0 Å². The van der Waals surface area contributed by atoms with Crippen LogP contribution in [0.15, 0.2) is 22.7 Å². The second-order valence-corrected chi connectivity index (χ2v) is 6.38. The number of hydrogen-bond donors (Lipinski definition) is 1. The van der Waals surface area contributed by atoms with Crippen molar-refractivity contribution < 1.29 is 17.9 Å². The minimum absolute atomic E-state index is 0.213. The van der Waals surface area contributed by atoms with E-state index in [2.05, 4.69) is 32.9 Å². The fraction of sp³-hybridized carbons (Fsp3) is 0.600. The van der Waals surface area contributed by atoms with Gasteiger partial charge in [-0.2, -0.15) is 0 Å². The first kappa shape index (κ1) is 16.6. The Morgan fingerprint density at radius 1 is 1.33 bits per heavy atom. The van der Waals surface area contributed by atoms with Crippen LogP contribution in [0, 0.1) is 5.92 Å². The maximum atomic E-state index is 12.2. The Balaban J connectivity index is 1.90. The number of hydrogen-bond acceptors (Lipinski definition) is 2. The molecule has 2 rings (SSSR count). The van der Waals surface area contributed by atoms with Gasteiger partial charge in [0.2, 0.25) is 0 Å². The van der Waals surface area contributed by atoms with Crippen molar-refractivity contribution in [2.24, 2.45) is 5.92 Å². The molecule has 1 aliphatic carbocycles. The third kappa shape index (κ3) is 5.18. The number of rotatable bonds is 5. The Kier molecular flexibility index (Phi) is 5.54. The van der Waals surface area contributed by atoms with E-state index >= 15 is 0 Å². The summed E-state index contributed by atoms with van der Waals surface area (Å²) < 4.78 is 40.8. The van der Waals surface area contributed by atoms with Crippen LogP contribution in [0.1, 0.15) is 38.2 Å². The molecule has 1 N–H and O–H groups in total. The van der Waals surface area contributed by atoms with Gasteiger partial charge in [-0.05, 0) is 59.3 Å². The van der Waals surface area contributed by atoms with Crippen LogP contribution in [0.2, 0.25) is 0 Å². The average Bonchev–Trinajstić information content (AvgIpc) is 2.91. The molecule has 0 bridgehead atoms. The van der Waals surface area contributed by atoms with E-state index in [0.717, 1.165) is 5.56 Å². The van der Waals surface area contributed by atoms with Gasteiger partial charge in [-0.25, -0.2) is 0 Å². The molecule has 1 aromatic carbocycles. The number of benzene rings is 1. The van der Waals surface area contributed by atoms with Crippen molar-refractivity contribution >= 4 is 15.9 Å². The summed E-state index contributed by atoms with van der Waals surface area (Å²) in [6.07, 6.45) is 0.448. The molecule has 0 aliphatic heterocycles. The third-order valence-electron chi connectivity index (χ3n) is 3.96. The summed E-state index contributed by atoms with van der Waals surface area (Å²) in [5.74, 6) is 0.497. The molecular weight excluding hydrogens is 347 g/mol. The van der Waals surface area contributed by atoms with Crippen LogP contribution in [0.3, 0.4) is 0 Å². The highest BCUT2D eigenvalue weighted by atomic mass is 79.9. The second kappa shape index (κ2) is 7.01. The van der Waals surface area contributed by atoms with E-state index in [0.29, 0.717) is 23.0 Å². The van der Waals surface area contributed by atoms with Gasteiger partial charge < -0.3 is 10.1 Å². The molecular formula is C15H19BrF3NO. The molecule has 2 nitrogen and oxygen atoms in total. The molecule has 0 saturated heterocycles. The lowest BCUT2D eigenvalue weighted by atomic mass is 9.99. The summed E-state index contributed by atoms with van der Waals surface area (Å²) in [6, 6.07) is 5.09. The summed E-state index contributed by atoms with van der Waals surface area (Å²) in [7, 11) is 0. The van der Waals surface area contributed by atoms with Crippen LogP contribution >= 0.6 is 15.9 Å². The SMILES string of the molecule is CC(NCc1ccc(OC(F)(F)F)c(Br)c1)C1CCCC1. The summed E-state index contributed by atoms with van der Waals surface area (Å²) in [4.78, 5) is 0. The third-order valence-corrected chi connectivity index (χ3v) is 4.58. The van der Waals surface area contributed by atoms with Crippen molar-refractivity contribution in [1.29, 1.82) is 0 Å². The Labute approximate surface area is 131 Å². The highest BCUT2D eigenvalue weighted by Crippen LogP contribution is 2.31. The fourth-order valence-electron chi connectivity index (χ4n) is 2.76. The first-order chi connectivity index (χ1) is 9.85. The van der Waals surface area contributed by atoms with Gasteiger partial charge in [0, 0.05) is 12.6 Å². The molecule has 0 radical (unpaired) electrons. The van der Waals surface area contributed by atoms with Gasteiger partial charge >= 0.3 is 6.36 Å². The van der Waals surface area contributed by atoms with E-state index in [1.807, 2.05) is 0 Å². The van der Waals surface area contributed by atoms with Gasteiger partial charge in [0.25, 0.3) is 0 Å². The highest BCUT2D eigenvalue weighted by Gasteiger charge is 2.32. The van der Waals surface area contributed by atoms with Crippen LogP contribution in [-0.4, -0.2) is 12.4 Å². The van der Waals surface area contributed by atoms with Gasteiger partial charge in [0.05, 0.1) is 4.47 Å². The lowest BCUT2D eigenvalue weighted by Gasteiger charge is -2.20. The van der Waals surface area contributed by atoms with Crippen molar-refractivity contribution in [3.63, 3.8) is 0 Å². The zero-order chi connectivity index (χ0) is 15.5. The maximum Gasteiger partial charge on any atom is 0.573 e. The van der Waals surface area contributed by atoms with Crippen molar-refractivity contribution in [3.8, 4) is 5.75 Å². The van der Waals surface area contributed by atoms with Gasteiger partial charge in [-0.3, -0.25) is 0 Å². The molecule has 1 fully saturated rings. The van der Waals surface area contributed by atoms with Gasteiger partial charge in [-0.1, -0.05) is 18.9 Å². The Morgan fingerprint density at radius 2 is 2.00 bits per heavy atom. The Bertz CT molecular complexity index is 472. The molecule has 1 aliphatic rings. The number of nitrogens with one attached hydrogen (secondary N) is 1. The number of ether oxygens (including phenoxy) is 1. The lowest BCUT2D eigenvalue weighted by Crippen LogP contribution is -2.31. The average molecular weight is 366 g/mol. The van der Waals surface area contributed by atoms with Crippen molar-refractivity contribution in [2.75, 3.05) is 0 Å². The van der Waals surface area contributed by atoms with Crippen LogP contribution in [0.5, 0.6) is 5.75 Å². The van der Waals surface area contributed by atoms with Gasteiger partial charge in [0.1, 0.15) is 5.75 Å². The molecule has 21 heavy (non-hydrogen) atoms. The molecule has 0 aromatic heterocycles. The number of alkyl halides is 3. The standard InChI is InChI=1S/C15H19BrF3NO/c1-10(12-4-2-3-5-12)20-9-11-6-7-14(13(16)8-11)21-15(17,18)19/h6-8,10,12,20H,2-5,9H2,1H3. The second-order valence-electron chi connectivity index (χ2n) is 5.53. The molecule has 1 atom stereocenters. The molecule has 1 unspecified atom stereocenters. The summed E-state index contributed by atoms with van der Waals surface area (Å²) in [5, 5.41) is 3.45. The van der Waals surface area contributed by atoms with Gasteiger partial charge in [-0.15, -0.1) is 13.2 Å². The topological polar surface area (TPSA) is 21.3 Å². The van der Waals surface area contributed by atoms with E-state index in [-0.39, 0.29) is 5.75 Å². The fourth-order valence-corrected chi connectivity index (χ4v) is 3.27. The molecule has 6 heteroatoms. The van der Waals surface area contributed by atoms with E-state index in [4.69, 9.17) is 0 Å². The molecule has 0 spiro atoms. The monoisotopic (exact) mass is 365 g/mol. The summed E-state index contributed by atoms with van der Waals surface area (Å²) in [5.41, 5.74) is 0.932. The summed E-state index contributed by atoms with van der Waals surface area (Å²) in [6.45, 7) is 2.81. The zero-order valence-electron chi connectivity index (χ0n) is 11.8. The lowest BCUT2D eigenvalue weighted by molar-refractivity contribution is -0.274. The van der Waals surface area contributed by atoms with Crippen molar-refractivity contribution in [3.05, 3.63) is 28.2 Å². The van der Waals surface area contributed by atoms with Crippen LogP contribution < -0.4 is 10.1 Å². The first-order valence-corrected chi connectivity index (χ1v) is 7.92. The maximum absolute atomic E-state index is 12.2. The van der Waals surface area contributed by atoms with Crippen LogP contribution in [-0.2, 0) is 6.54 Å². The largest absolute Gasteiger partial charge is 0.573 e. The first-order valence-electron chi connectivity index (χ1n) is 7.13. The molecule has 1 aromatic rings. The minimum atomic E-state index is -4.67. The molecule has 1 saturated carbocycles. The Morgan fingerprint density at radius 3 is 2.57 bits per heavy atom. The van der Waals surface area contributed by atoms with Crippen LogP contribution in [0.25, 0.3) is 0 Å². The quantitative estimate of drug-likeness (QED) is 0.791.